The van der Waals surface area contributed by atoms with Crippen molar-refractivity contribution in [2.24, 2.45) is 0 Å². The third kappa shape index (κ3) is 8.29. The Morgan fingerprint density at radius 2 is 1.71 bits per heavy atom. The van der Waals surface area contributed by atoms with Gasteiger partial charge in [0.25, 0.3) is 5.01 Å². The minimum Gasteiger partial charge on any atom is -0.744 e. The summed E-state index contributed by atoms with van der Waals surface area (Å²) in [4.78, 5) is 3.36. The van der Waals surface area contributed by atoms with Crippen molar-refractivity contribution in [3.8, 4) is 0 Å². The predicted octanol–water partition coefficient (Wildman–Crippen LogP) is 8.78. The van der Waals surface area contributed by atoms with Gasteiger partial charge in [0, 0.05) is 33.6 Å². The number of fused-ring (bicyclic) bond motifs is 2. The zero-order valence-electron chi connectivity index (χ0n) is 25.0. The van der Waals surface area contributed by atoms with Crippen molar-refractivity contribution in [2.45, 2.75) is 37.1 Å². The molecule has 0 amide bonds. The first-order valence-corrected chi connectivity index (χ1v) is 18.1. The smallest absolute Gasteiger partial charge is 0.262 e. The van der Waals surface area contributed by atoms with E-state index in [0.29, 0.717) is 13.2 Å². The summed E-state index contributed by atoms with van der Waals surface area (Å²) in [7, 11) is -4.27. The molecular weight excluding hydrogens is 667 g/mol. The van der Waals surface area contributed by atoms with Crippen LogP contribution in [0.3, 0.4) is 0 Å². The second-order valence-corrected chi connectivity index (χ2v) is 14.7. The largest absolute Gasteiger partial charge is 0.744 e. The molecule has 3 heterocycles. The van der Waals surface area contributed by atoms with Gasteiger partial charge in [0.2, 0.25) is 5.52 Å². The highest BCUT2D eigenvalue weighted by molar-refractivity contribution is 8.03. The van der Waals surface area contributed by atoms with Crippen LogP contribution in [0.4, 0.5) is 5.69 Å². The first kappa shape index (κ1) is 33.5. The monoisotopic (exact) mass is 698 g/mol. The maximum atomic E-state index is 10.4. The van der Waals surface area contributed by atoms with Gasteiger partial charge in [-0.1, -0.05) is 76.1 Å². The second-order valence-electron chi connectivity index (χ2n) is 10.3. The van der Waals surface area contributed by atoms with E-state index in [1.54, 1.807) is 35.2 Å². The van der Waals surface area contributed by atoms with Crippen LogP contribution in [0.25, 0.3) is 16.3 Å². The van der Waals surface area contributed by atoms with E-state index in [0.717, 1.165) is 39.8 Å². The molecule has 11 heteroatoms. The first-order valence-electron chi connectivity index (χ1n) is 14.3. The van der Waals surface area contributed by atoms with E-state index in [-0.39, 0.29) is 4.90 Å². The molecule has 6 nitrogen and oxygen atoms in total. The fraction of sp³-hybridized carbons (Fsp3) is 0.206. The average molecular weight is 700 g/mol. The van der Waals surface area contributed by atoms with E-state index in [4.69, 9.17) is 27.9 Å². The number of aromatic nitrogens is 1. The number of anilines is 1. The van der Waals surface area contributed by atoms with Crippen LogP contribution in [0.1, 0.15) is 24.4 Å². The Hall–Kier alpha value is -2.89. The Morgan fingerprint density at radius 1 is 0.978 bits per heavy atom. The standard InChI is InChI=1S/C27H25Cl2N2OS2.C7H8O3S/c1-3-30-22-14-20(28)7-9-24(22)33-26(30)11-5-18-13-19(17-32-16-18)6-12-27-31(4-2)23-15-21(29)8-10-25(23)34-27;1-6-2-4-7(5-3-6)11(8,9)10/h5-15H,3-4,16-17H2,1-2H3;2-5H,1H3,(H,8,9,10)/q+1;/p-1. The summed E-state index contributed by atoms with van der Waals surface area (Å²) in [5.41, 5.74) is 5.61. The van der Waals surface area contributed by atoms with E-state index in [2.05, 4.69) is 65.8 Å². The predicted molar refractivity (Wildman–Crippen MR) is 186 cm³/mol. The van der Waals surface area contributed by atoms with Gasteiger partial charge >= 0.3 is 0 Å². The highest BCUT2D eigenvalue weighted by Crippen LogP contribution is 2.46. The molecule has 4 aromatic rings. The van der Waals surface area contributed by atoms with Gasteiger partial charge in [-0.2, -0.15) is 4.57 Å². The van der Waals surface area contributed by atoms with Gasteiger partial charge in [-0.05, 0) is 86.5 Å². The van der Waals surface area contributed by atoms with E-state index in [9.17, 15) is 13.0 Å². The van der Waals surface area contributed by atoms with Crippen LogP contribution in [-0.2, 0) is 21.4 Å². The number of benzene rings is 3. The number of thioether (sulfide) groups is 1. The molecule has 45 heavy (non-hydrogen) atoms. The zero-order valence-corrected chi connectivity index (χ0v) is 29.0. The summed E-state index contributed by atoms with van der Waals surface area (Å²) < 4.78 is 40.6. The van der Waals surface area contributed by atoms with Crippen LogP contribution >= 0.6 is 46.3 Å². The number of ether oxygens (including phenoxy) is 1. The quantitative estimate of drug-likeness (QED) is 0.148. The Balaban J connectivity index is 0.000000309. The lowest BCUT2D eigenvalue weighted by molar-refractivity contribution is -0.665. The van der Waals surface area contributed by atoms with Crippen LogP contribution in [0.2, 0.25) is 10.0 Å². The third-order valence-electron chi connectivity index (χ3n) is 7.12. The normalized spacial score (nSPS) is 16.8. The number of thiazole rings is 1. The molecule has 2 aliphatic rings. The van der Waals surface area contributed by atoms with Crippen molar-refractivity contribution in [1.82, 2.24) is 0 Å². The third-order valence-corrected chi connectivity index (χ3v) is 10.7. The first-order chi connectivity index (χ1) is 21.5. The molecular formula is C34H32Cl2N2O4S3. The van der Waals surface area contributed by atoms with Crippen LogP contribution < -0.4 is 9.47 Å². The molecule has 0 bridgehead atoms. The summed E-state index contributed by atoms with van der Waals surface area (Å²) in [5.74, 6) is 0. The Bertz CT molecular complexity index is 1950. The van der Waals surface area contributed by atoms with E-state index in [1.165, 1.54) is 43.0 Å². The van der Waals surface area contributed by atoms with Crippen molar-refractivity contribution in [1.29, 1.82) is 0 Å². The zero-order chi connectivity index (χ0) is 32.1. The number of hydrogen-bond acceptors (Lipinski definition) is 7. The molecule has 0 radical (unpaired) electrons. The molecule has 0 N–H and O–H groups in total. The molecule has 0 fully saturated rings. The number of nitrogens with zero attached hydrogens (tertiary/aromatic N) is 2. The van der Waals surface area contributed by atoms with Gasteiger partial charge in [-0.15, -0.1) is 0 Å². The van der Waals surface area contributed by atoms with Gasteiger partial charge in [-0.3, -0.25) is 0 Å². The highest BCUT2D eigenvalue weighted by atomic mass is 35.5. The molecule has 0 spiro atoms. The van der Waals surface area contributed by atoms with Gasteiger partial charge < -0.3 is 14.2 Å². The molecule has 6 rings (SSSR count). The molecule has 2 aliphatic heterocycles. The van der Waals surface area contributed by atoms with Crippen LogP contribution in [-0.4, -0.2) is 32.7 Å². The molecule has 0 saturated carbocycles. The minimum atomic E-state index is -4.27. The fourth-order valence-corrected chi connectivity index (χ4v) is 7.93. The Morgan fingerprint density at radius 3 is 2.42 bits per heavy atom. The van der Waals surface area contributed by atoms with Gasteiger partial charge in [0.15, 0.2) is 0 Å². The second kappa shape index (κ2) is 14.7. The molecule has 0 aliphatic carbocycles. The number of aryl methyl sites for hydroxylation is 2. The lowest BCUT2D eigenvalue weighted by Crippen LogP contribution is -2.33. The van der Waals surface area contributed by atoms with E-state index in [1.807, 2.05) is 31.2 Å². The molecule has 1 aromatic heterocycles. The number of rotatable bonds is 6. The lowest BCUT2D eigenvalue weighted by atomic mass is 10.1. The summed E-state index contributed by atoms with van der Waals surface area (Å²) >= 11 is 16.0. The summed E-state index contributed by atoms with van der Waals surface area (Å²) in [5, 5.41) is 3.94. The molecule has 234 valence electrons. The number of hydrogen-bond donors (Lipinski definition) is 0. The average Bonchev–Trinajstić information content (AvgIpc) is 3.55. The minimum absolute atomic E-state index is 0.178. The van der Waals surface area contributed by atoms with E-state index >= 15 is 0 Å². The van der Waals surface area contributed by atoms with Crippen molar-refractivity contribution in [3.05, 3.63) is 122 Å². The van der Waals surface area contributed by atoms with Gasteiger partial charge in [-0.25, -0.2) is 8.42 Å². The molecule has 0 atom stereocenters. The molecule has 0 saturated heterocycles. The maximum absolute atomic E-state index is 10.4. The van der Waals surface area contributed by atoms with Crippen molar-refractivity contribution >= 4 is 78.4 Å². The van der Waals surface area contributed by atoms with Crippen molar-refractivity contribution in [3.63, 3.8) is 0 Å². The summed E-state index contributed by atoms with van der Waals surface area (Å²) in [6.45, 7) is 9.17. The van der Waals surface area contributed by atoms with Crippen molar-refractivity contribution in [2.75, 3.05) is 24.7 Å². The summed E-state index contributed by atoms with van der Waals surface area (Å²) in [6.07, 6.45) is 10.9. The maximum Gasteiger partial charge on any atom is 0.262 e. The fourth-order valence-electron chi connectivity index (χ4n) is 4.91. The SMILES string of the molecule is CCN1/C(=C/C=C2C=C(/C=C/c3sc4ccc(Cl)cc4[n+]3CC)COC/2)Sc2ccc(Cl)cc21.Cc1ccc(S(=O)(=O)[O-])cc1. The Kier molecular flexibility index (Phi) is 10.9. The summed E-state index contributed by atoms with van der Waals surface area (Å²) in [6, 6.07) is 18.0. The lowest BCUT2D eigenvalue weighted by Gasteiger charge is -2.18. The van der Waals surface area contributed by atoms with E-state index < -0.39 is 10.1 Å². The van der Waals surface area contributed by atoms with Crippen LogP contribution in [0.5, 0.6) is 0 Å². The number of halogens is 2. The van der Waals surface area contributed by atoms with Crippen LogP contribution in [0, 0.1) is 6.92 Å². The molecule has 0 unspecified atom stereocenters. The van der Waals surface area contributed by atoms with Crippen LogP contribution in [0.15, 0.2) is 111 Å². The molecule has 3 aromatic carbocycles. The van der Waals surface area contributed by atoms with Crippen molar-refractivity contribution < 1.29 is 22.3 Å². The highest BCUT2D eigenvalue weighted by Gasteiger charge is 2.24. The Labute approximate surface area is 282 Å². The van der Waals surface area contributed by atoms with Gasteiger partial charge in [0.05, 0.1) is 28.8 Å². The number of allylic oxidation sites excluding steroid dienone is 2. The van der Waals surface area contributed by atoms with Gasteiger partial charge in [0.1, 0.15) is 21.4 Å². The topological polar surface area (TPSA) is 73.5 Å².